The van der Waals surface area contributed by atoms with Gasteiger partial charge in [0, 0.05) is 17.8 Å². The van der Waals surface area contributed by atoms with Crippen molar-refractivity contribution in [1.29, 1.82) is 0 Å². The van der Waals surface area contributed by atoms with Crippen molar-refractivity contribution >= 4 is 0 Å². The Bertz CT molecular complexity index is 754. The van der Waals surface area contributed by atoms with Gasteiger partial charge in [0.1, 0.15) is 5.82 Å². The second-order valence-corrected chi connectivity index (χ2v) is 5.57. The molecule has 2 N–H and O–H groups in total. The minimum atomic E-state index is -0.239. The van der Waals surface area contributed by atoms with Crippen molar-refractivity contribution in [3.05, 3.63) is 89.9 Å². The number of nitrogens with two attached hydrogens (primary N) is 1. The predicted molar refractivity (Wildman–Crippen MR) is 91.3 cm³/mol. The summed E-state index contributed by atoms with van der Waals surface area (Å²) in [6.45, 7) is 0. The molecule has 0 fully saturated rings. The van der Waals surface area contributed by atoms with Crippen molar-refractivity contribution in [2.75, 3.05) is 0 Å². The number of hydrogen-bond donors (Lipinski definition) is 1. The Hall–Kier alpha value is -2.52. The number of aromatic nitrogens is 1. The molecule has 0 saturated heterocycles. The van der Waals surface area contributed by atoms with Crippen LogP contribution in [0.4, 0.5) is 4.39 Å². The highest BCUT2D eigenvalue weighted by Crippen LogP contribution is 2.24. The third-order valence-corrected chi connectivity index (χ3v) is 3.96. The number of hydrogen-bond acceptors (Lipinski definition) is 2. The molecule has 0 aliphatic carbocycles. The van der Waals surface area contributed by atoms with E-state index in [-0.39, 0.29) is 11.9 Å². The minimum absolute atomic E-state index is 0.00234. The molecule has 3 rings (SSSR count). The molecule has 0 saturated carbocycles. The lowest BCUT2D eigenvalue weighted by Crippen LogP contribution is -2.11. The number of nitrogens with zero attached hydrogens (tertiary/aromatic N) is 1. The van der Waals surface area contributed by atoms with Gasteiger partial charge in [0.25, 0.3) is 0 Å². The van der Waals surface area contributed by atoms with Crippen molar-refractivity contribution in [3.8, 4) is 11.3 Å². The Morgan fingerprint density at radius 3 is 2.39 bits per heavy atom. The van der Waals surface area contributed by atoms with Crippen LogP contribution in [0.3, 0.4) is 0 Å². The Morgan fingerprint density at radius 2 is 1.65 bits per heavy atom. The van der Waals surface area contributed by atoms with Gasteiger partial charge in [0.15, 0.2) is 0 Å². The Morgan fingerprint density at radius 1 is 0.913 bits per heavy atom. The number of halogens is 1. The van der Waals surface area contributed by atoms with E-state index in [1.165, 1.54) is 12.1 Å². The van der Waals surface area contributed by atoms with Crippen LogP contribution in [-0.2, 0) is 6.42 Å². The molecular formula is C20H19FN2. The van der Waals surface area contributed by atoms with E-state index in [1.807, 2.05) is 24.3 Å². The van der Waals surface area contributed by atoms with Gasteiger partial charge in [-0.25, -0.2) is 4.39 Å². The van der Waals surface area contributed by atoms with Crippen LogP contribution in [0, 0.1) is 5.82 Å². The quantitative estimate of drug-likeness (QED) is 0.752. The smallest absolute Gasteiger partial charge is 0.123 e. The fraction of sp³-hybridized carbons (Fsp3) is 0.150. The predicted octanol–water partition coefficient (Wildman–Crippen LogP) is 4.52. The van der Waals surface area contributed by atoms with E-state index in [9.17, 15) is 4.39 Å². The highest BCUT2D eigenvalue weighted by atomic mass is 19.1. The first kappa shape index (κ1) is 15.4. The van der Waals surface area contributed by atoms with Crippen LogP contribution < -0.4 is 5.73 Å². The molecule has 3 aromatic rings. The summed E-state index contributed by atoms with van der Waals surface area (Å²) in [5.74, 6) is -0.239. The number of pyridine rings is 1. The molecule has 3 heteroatoms. The molecular weight excluding hydrogens is 287 g/mol. The maximum absolute atomic E-state index is 13.1. The molecule has 1 atom stereocenters. The molecule has 0 aliphatic heterocycles. The summed E-state index contributed by atoms with van der Waals surface area (Å²) in [5, 5.41) is 0. The number of aryl methyl sites for hydroxylation is 1. The van der Waals surface area contributed by atoms with Gasteiger partial charge in [0.05, 0.1) is 5.69 Å². The second-order valence-electron chi connectivity index (χ2n) is 5.57. The lowest BCUT2D eigenvalue weighted by atomic mass is 9.97. The average Bonchev–Trinajstić information content (AvgIpc) is 2.61. The zero-order valence-corrected chi connectivity index (χ0v) is 12.8. The monoisotopic (exact) mass is 306 g/mol. The Balaban J connectivity index is 1.77. The maximum Gasteiger partial charge on any atom is 0.123 e. The normalized spacial score (nSPS) is 12.1. The topological polar surface area (TPSA) is 38.9 Å². The Kier molecular flexibility index (Phi) is 4.79. The zero-order valence-electron chi connectivity index (χ0n) is 12.8. The molecule has 1 unspecified atom stereocenters. The summed E-state index contributed by atoms with van der Waals surface area (Å²) in [5.41, 5.74) is 10.4. The van der Waals surface area contributed by atoms with Crippen molar-refractivity contribution < 1.29 is 4.39 Å². The van der Waals surface area contributed by atoms with Crippen molar-refractivity contribution in [2.24, 2.45) is 5.73 Å². The fourth-order valence-electron chi connectivity index (χ4n) is 2.69. The zero-order chi connectivity index (χ0) is 16.1. The van der Waals surface area contributed by atoms with Crippen molar-refractivity contribution in [3.63, 3.8) is 0 Å². The molecule has 0 spiro atoms. The maximum atomic E-state index is 13.1. The van der Waals surface area contributed by atoms with E-state index >= 15 is 0 Å². The lowest BCUT2D eigenvalue weighted by molar-refractivity contribution is 0.628. The fourth-order valence-corrected chi connectivity index (χ4v) is 2.69. The molecule has 116 valence electrons. The Labute approximate surface area is 135 Å². The molecule has 2 aromatic carbocycles. The molecule has 23 heavy (non-hydrogen) atoms. The van der Waals surface area contributed by atoms with Crippen LogP contribution in [0.1, 0.15) is 23.6 Å². The van der Waals surface area contributed by atoms with E-state index in [0.29, 0.717) is 0 Å². The number of rotatable bonds is 5. The minimum Gasteiger partial charge on any atom is -0.324 e. The van der Waals surface area contributed by atoms with Crippen LogP contribution >= 0.6 is 0 Å². The van der Waals surface area contributed by atoms with E-state index < -0.39 is 0 Å². The van der Waals surface area contributed by atoms with Crippen molar-refractivity contribution in [2.45, 2.75) is 18.9 Å². The van der Waals surface area contributed by atoms with Crippen LogP contribution in [0.5, 0.6) is 0 Å². The van der Waals surface area contributed by atoms with Crippen LogP contribution in [0.2, 0.25) is 0 Å². The first-order chi connectivity index (χ1) is 11.2. The van der Waals surface area contributed by atoms with Crippen LogP contribution in [0.25, 0.3) is 11.3 Å². The number of benzene rings is 2. The molecule has 1 heterocycles. The van der Waals surface area contributed by atoms with Gasteiger partial charge in [0.2, 0.25) is 0 Å². The van der Waals surface area contributed by atoms with E-state index in [4.69, 9.17) is 5.73 Å². The molecule has 1 aromatic heterocycles. The SMILES string of the molecule is NC(CCc1cccnc1-c1ccc(F)cc1)c1ccccc1. The van der Waals surface area contributed by atoms with E-state index in [2.05, 4.69) is 23.2 Å². The van der Waals surface area contributed by atoms with Crippen LogP contribution in [-0.4, -0.2) is 4.98 Å². The molecule has 0 amide bonds. The summed E-state index contributed by atoms with van der Waals surface area (Å²) in [6.07, 6.45) is 3.43. The first-order valence-electron chi connectivity index (χ1n) is 7.74. The summed E-state index contributed by atoms with van der Waals surface area (Å²) in [6, 6.07) is 20.5. The third kappa shape index (κ3) is 3.82. The summed E-state index contributed by atoms with van der Waals surface area (Å²) < 4.78 is 13.1. The summed E-state index contributed by atoms with van der Waals surface area (Å²) in [4.78, 5) is 4.47. The van der Waals surface area contributed by atoms with E-state index in [1.54, 1.807) is 18.3 Å². The van der Waals surface area contributed by atoms with Gasteiger partial charge >= 0.3 is 0 Å². The standard InChI is InChI=1S/C20H19FN2/c21-18-11-8-17(9-12-18)20-16(7-4-14-23-20)10-13-19(22)15-5-2-1-3-6-15/h1-9,11-12,14,19H,10,13,22H2. The largest absolute Gasteiger partial charge is 0.324 e. The highest BCUT2D eigenvalue weighted by molar-refractivity contribution is 5.62. The van der Waals surface area contributed by atoms with Crippen molar-refractivity contribution in [1.82, 2.24) is 4.98 Å². The van der Waals surface area contributed by atoms with Gasteiger partial charge in [-0.05, 0) is 54.3 Å². The highest BCUT2D eigenvalue weighted by Gasteiger charge is 2.10. The van der Waals surface area contributed by atoms with E-state index in [0.717, 1.165) is 35.2 Å². The van der Waals surface area contributed by atoms with Gasteiger partial charge in [-0.2, -0.15) is 0 Å². The summed E-state index contributed by atoms with van der Waals surface area (Å²) in [7, 11) is 0. The van der Waals surface area contributed by atoms with Gasteiger partial charge < -0.3 is 5.73 Å². The summed E-state index contributed by atoms with van der Waals surface area (Å²) >= 11 is 0. The molecule has 0 bridgehead atoms. The lowest BCUT2D eigenvalue weighted by Gasteiger charge is -2.14. The molecule has 0 aliphatic rings. The molecule has 2 nitrogen and oxygen atoms in total. The first-order valence-corrected chi connectivity index (χ1v) is 7.74. The molecule has 0 radical (unpaired) electrons. The van der Waals surface area contributed by atoms with Gasteiger partial charge in [-0.15, -0.1) is 0 Å². The third-order valence-electron chi connectivity index (χ3n) is 3.96. The second kappa shape index (κ2) is 7.16. The average molecular weight is 306 g/mol. The van der Waals surface area contributed by atoms with Crippen LogP contribution in [0.15, 0.2) is 72.9 Å². The van der Waals surface area contributed by atoms with Gasteiger partial charge in [-0.1, -0.05) is 36.4 Å². The van der Waals surface area contributed by atoms with Gasteiger partial charge in [-0.3, -0.25) is 4.98 Å².